The third kappa shape index (κ3) is 4.51. The fourth-order valence-corrected chi connectivity index (χ4v) is 2.52. The van der Waals surface area contributed by atoms with E-state index in [-0.39, 0.29) is 6.42 Å². The number of carboxylic acid groups (broad SMARTS) is 1. The molecule has 1 heterocycles. The SMILES string of the molecule is Cn1c(C#N)cc2cc(C[C@H](NC(=O)OC(C)(C)C)C(=O)O)ccc21. The summed E-state index contributed by atoms with van der Waals surface area (Å²) >= 11 is 0. The van der Waals surface area contributed by atoms with Crippen molar-refractivity contribution in [2.45, 2.75) is 38.8 Å². The average molecular weight is 343 g/mol. The van der Waals surface area contributed by atoms with Crippen molar-refractivity contribution in [2.75, 3.05) is 0 Å². The van der Waals surface area contributed by atoms with Crippen LogP contribution in [0.2, 0.25) is 0 Å². The van der Waals surface area contributed by atoms with E-state index >= 15 is 0 Å². The Morgan fingerprint density at radius 1 is 1.36 bits per heavy atom. The van der Waals surface area contributed by atoms with Gasteiger partial charge < -0.3 is 19.7 Å². The number of ether oxygens (including phenoxy) is 1. The van der Waals surface area contributed by atoms with Gasteiger partial charge in [0.15, 0.2) is 0 Å². The number of alkyl carbamates (subject to hydrolysis) is 1. The van der Waals surface area contributed by atoms with Gasteiger partial charge in [-0.25, -0.2) is 9.59 Å². The second-order valence-corrected chi connectivity index (χ2v) is 6.83. The quantitative estimate of drug-likeness (QED) is 0.888. The first kappa shape index (κ1) is 18.3. The molecule has 2 N–H and O–H groups in total. The molecule has 0 radical (unpaired) electrons. The number of rotatable bonds is 4. The number of nitrogens with zero attached hydrogens (tertiary/aromatic N) is 2. The van der Waals surface area contributed by atoms with Gasteiger partial charge in [0.05, 0.1) is 0 Å². The zero-order valence-corrected chi connectivity index (χ0v) is 14.7. The highest BCUT2D eigenvalue weighted by Gasteiger charge is 2.24. The highest BCUT2D eigenvalue weighted by molar-refractivity contribution is 5.84. The van der Waals surface area contributed by atoms with Crippen LogP contribution in [-0.2, 0) is 23.0 Å². The molecular weight excluding hydrogens is 322 g/mol. The molecule has 25 heavy (non-hydrogen) atoms. The highest BCUT2D eigenvalue weighted by atomic mass is 16.6. The number of carbonyl (C=O) groups excluding carboxylic acids is 1. The number of fused-ring (bicyclic) bond motifs is 1. The molecule has 2 rings (SSSR count). The normalized spacial score (nSPS) is 12.4. The molecule has 7 heteroatoms. The molecule has 1 atom stereocenters. The lowest BCUT2D eigenvalue weighted by molar-refractivity contribution is -0.139. The van der Waals surface area contributed by atoms with Crippen molar-refractivity contribution in [1.82, 2.24) is 9.88 Å². The number of carbonyl (C=O) groups is 2. The summed E-state index contributed by atoms with van der Waals surface area (Å²) in [6, 6.07) is 8.19. The second kappa shape index (κ2) is 6.85. The molecule has 0 saturated heterocycles. The van der Waals surface area contributed by atoms with Gasteiger partial charge >= 0.3 is 12.1 Å². The number of aliphatic carboxylic acids is 1. The van der Waals surface area contributed by atoms with E-state index in [2.05, 4.69) is 11.4 Å². The van der Waals surface area contributed by atoms with E-state index in [0.29, 0.717) is 5.69 Å². The first-order valence-corrected chi connectivity index (χ1v) is 7.81. The molecule has 0 unspecified atom stereocenters. The van der Waals surface area contributed by atoms with Crippen LogP contribution in [0.25, 0.3) is 10.9 Å². The molecule has 1 aromatic heterocycles. The Hall–Kier alpha value is -3.01. The summed E-state index contributed by atoms with van der Waals surface area (Å²) < 4.78 is 6.88. The van der Waals surface area contributed by atoms with Gasteiger partial charge in [0.1, 0.15) is 23.4 Å². The fraction of sp³-hybridized carbons (Fsp3) is 0.389. The van der Waals surface area contributed by atoms with Crippen molar-refractivity contribution in [3.05, 3.63) is 35.5 Å². The van der Waals surface area contributed by atoms with Crippen LogP contribution in [-0.4, -0.2) is 33.4 Å². The minimum Gasteiger partial charge on any atom is -0.480 e. The Kier molecular flexibility index (Phi) is 5.02. The summed E-state index contributed by atoms with van der Waals surface area (Å²) in [5.41, 5.74) is 1.44. The largest absolute Gasteiger partial charge is 0.480 e. The van der Waals surface area contributed by atoms with Crippen LogP contribution >= 0.6 is 0 Å². The number of benzene rings is 1. The van der Waals surface area contributed by atoms with E-state index in [1.807, 2.05) is 12.1 Å². The van der Waals surface area contributed by atoms with Crippen LogP contribution in [0, 0.1) is 11.3 Å². The number of aromatic nitrogens is 1. The van der Waals surface area contributed by atoms with Crippen LogP contribution < -0.4 is 5.32 Å². The maximum absolute atomic E-state index is 11.8. The summed E-state index contributed by atoms with van der Waals surface area (Å²) in [7, 11) is 1.80. The summed E-state index contributed by atoms with van der Waals surface area (Å²) in [5, 5.41) is 21.7. The van der Waals surface area contributed by atoms with Gasteiger partial charge in [-0.3, -0.25) is 0 Å². The molecule has 0 bridgehead atoms. The molecule has 0 aliphatic carbocycles. The van der Waals surface area contributed by atoms with E-state index in [1.165, 1.54) is 0 Å². The van der Waals surface area contributed by atoms with E-state index < -0.39 is 23.7 Å². The van der Waals surface area contributed by atoms with Gasteiger partial charge in [-0.15, -0.1) is 0 Å². The number of nitrogens with one attached hydrogen (secondary N) is 1. The molecule has 2 aromatic rings. The molecule has 0 fully saturated rings. The predicted molar refractivity (Wildman–Crippen MR) is 92.1 cm³/mol. The minimum atomic E-state index is -1.14. The van der Waals surface area contributed by atoms with Crippen molar-refractivity contribution in [3.63, 3.8) is 0 Å². The van der Waals surface area contributed by atoms with Crippen LogP contribution in [0.15, 0.2) is 24.3 Å². The van der Waals surface area contributed by atoms with Crippen molar-refractivity contribution in [2.24, 2.45) is 7.05 Å². The number of aryl methyl sites for hydroxylation is 1. The van der Waals surface area contributed by atoms with Crippen molar-refractivity contribution in [3.8, 4) is 6.07 Å². The molecule has 1 amide bonds. The number of hydrogen-bond acceptors (Lipinski definition) is 4. The van der Waals surface area contributed by atoms with Gasteiger partial charge in [0.2, 0.25) is 0 Å². The molecule has 0 spiro atoms. The number of amides is 1. The third-order valence-corrected chi connectivity index (χ3v) is 3.65. The average Bonchev–Trinajstić information content (AvgIpc) is 2.80. The zero-order valence-electron chi connectivity index (χ0n) is 14.7. The van der Waals surface area contributed by atoms with Crippen molar-refractivity contribution >= 4 is 23.0 Å². The molecule has 0 aliphatic rings. The minimum absolute atomic E-state index is 0.112. The summed E-state index contributed by atoms with van der Waals surface area (Å²) in [6.45, 7) is 5.12. The predicted octanol–water partition coefficient (Wildman–Crippen LogP) is 2.57. The first-order chi connectivity index (χ1) is 11.6. The Morgan fingerprint density at radius 3 is 2.60 bits per heavy atom. The maximum Gasteiger partial charge on any atom is 0.408 e. The second-order valence-electron chi connectivity index (χ2n) is 6.83. The maximum atomic E-state index is 11.8. The lowest BCUT2D eigenvalue weighted by atomic mass is 10.0. The monoisotopic (exact) mass is 343 g/mol. The van der Waals surface area contributed by atoms with Crippen LogP contribution in [0.5, 0.6) is 0 Å². The highest BCUT2D eigenvalue weighted by Crippen LogP contribution is 2.21. The Morgan fingerprint density at radius 2 is 2.04 bits per heavy atom. The fourth-order valence-electron chi connectivity index (χ4n) is 2.52. The Labute approximate surface area is 145 Å². The molecule has 1 aromatic carbocycles. The van der Waals surface area contributed by atoms with E-state index in [9.17, 15) is 14.7 Å². The summed E-state index contributed by atoms with van der Waals surface area (Å²) in [6.07, 6.45) is -0.658. The smallest absolute Gasteiger partial charge is 0.408 e. The van der Waals surface area contributed by atoms with Gasteiger partial charge in [-0.05, 0) is 44.5 Å². The molecule has 132 valence electrons. The Bertz CT molecular complexity index is 856. The first-order valence-electron chi connectivity index (χ1n) is 7.81. The topological polar surface area (TPSA) is 104 Å². The Balaban J connectivity index is 2.19. The van der Waals surface area contributed by atoms with E-state index in [4.69, 9.17) is 10.00 Å². The van der Waals surface area contributed by atoms with Gasteiger partial charge in [-0.2, -0.15) is 5.26 Å². The van der Waals surface area contributed by atoms with Crippen molar-refractivity contribution < 1.29 is 19.4 Å². The molecule has 7 nitrogen and oxygen atoms in total. The van der Waals surface area contributed by atoms with Gasteiger partial charge in [0, 0.05) is 24.4 Å². The standard InChI is InChI=1S/C18H21N3O4/c1-18(2,3)25-17(24)20-14(16(22)23)8-11-5-6-15-12(7-11)9-13(10-19)21(15)4/h5-7,9,14H,8H2,1-4H3,(H,20,24)(H,22,23)/t14-/m0/s1. The lowest BCUT2D eigenvalue weighted by Crippen LogP contribution is -2.44. The molecular formula is C18H21N3O4. The lowest BCUT2D eigenvalue weighted by Gasteiger charge is -2.22. The van der Waals surface area contributed by atoms with Gasteiger partial charge in [0.25, 0.3) is 0 Å². The van der Waals surface area contributed by atoms with Crippen LogP contribution in [0.1, 0.15) is 32.0 Å². The van der Waals surface area contributed by atoms with Gasteiger partial charge in [-0.1, -0.05) is 6.07 Å². The summed E-state index contributed by atoms with van der Waals surface area (Å²) in [5.74, 6) is -1.14. The third-order valence-electron chi connectivity index (χ3n) is 3.65. The van der Waals surface area contributed by atoms with Crippen LogP contribution in [0.3, 0.4) is 0 Å². The van der Waals surface area contributed by atoms with Crippen LogP contribution in [0.4, 0.5) is 4.79 Å². The number of nitriles is 1. The van der Waals surface area contributed by atoms with E-state index in [0.717, 1.165) is 16.5 Å². The zero-order chi connectivity index (χ0) is 18.8. The number of carboxylic acids is 1. The summed E-state index contributed by atoms with van der Waals surface area (Å²) in [4.78, 5) is 23.3. The molecule has 0 aliphatic heterocycles. The van der Waals surface area contributed by atoms with E-state index in [1.54, 1.807) is 44.5 Å². The molecule has 0 saturated carbocycles. The number of hydrogen-bond donors (Lipinski definition) is 2. The van der Waals surface area contributed by atoms with Crippen molar-refractivity contribution in [1.29, 1.82) is 5.26 Å².